The van der Waals surface area contributed by atoms with Gasteiger partial charge in [-0.25, -0.2) is 4.98 Å². The van der Waals surface area contributed by atoms with Gasteiger partial charge in [0.15, 0.2) is 0 Å². The number of ether oxygens (including phenoxy) is 2. The van der Waals surface area contributed by atoms with Gasteiger partial charge in [0.1, 0.15) is 18.2 Å². The lowest BCUT2D eigenvalue weighted by Gasteiger charge is -2.31. The number of nitrogens with zero attached hydrogens (tertiary/aromatic N) is 3. The summed E-state index contributed by atoms with van der Waals surface area (Å²) in [7, 11) is 2.15. The van der Waals surface area contributed by atoms with Crippen molar-refractivity contribution in [1.82, 2.24) is 15.2 Å². The van der Waals surface area contributed by atoms with E-state index in [1.165, 1.54) is 0 Å². The van der Waals surface area contributed by atoms with Crippen LogP contribution in [0.1, 0.15) is 41.6 Å². The molecule has 1 amide bonds. The number of hydrogen-bond acceptors (Lipinski definition) is 6. The third kappa shape index (κ3) is 5.99. The maximum Gasteiger partial charge on any atom is 0.255 e. The van der Waals surface area contributed by atoms with Crippen LogP contribution in [0.5, 0.6) is 5.75 Å². The van der Waals surface area contributed by atoms with Gasteiger partial charge in [-0.1, -0.05) is 12.1 Å². The first-order chi connectivity index (χ1) is 15.7. The Labute approximate surface area is 190 Å². The molecule has 0 radical (unpaired) electrons. The topological polar surface area (TPSA) is 66.9 Å². The van der Waals surface area contributed by atoms with Crippen LogP contribution >= 0.6 is 0 Å². The predicted molar refractivity (Wildman–Crippen MR) is 125 cm³/mol. The fourth-order valence-electron chi connectivity index (χ4n) is 4.39. The van der Waals surface area contributed by atoms with Crippen molar-refractivity contribution in [2.45, 2.75) is 38.3 Å². The Kier molecular flexibility index (Phi) is 7.96. The average molecular weight is 439 g/mol. The number of carbonyl (C=O) groups excluding carboxylic acids is 1. The number of pyridine rings is 1. The van der Waals surface area contributed by atoms with Crippen LogP contribution in [0.15, 0.2) is 42.6 Å². The molecule has 0 aliphatic carbocycles. The van der Waals surface area contributed by atoms with Gasteiger partial charge >= 0.3 is 0 Å². The summed E-state index contributed by atoms with van der Waals surface area (Å²) in [6, 6.07) is 12.2. The number of rotatable bonds is 9. The molecule has 0 unspecified atom stereocenters. The van der Waals surface area contributed by atoms with E-state index in [9.17, 15) is 4.79 Å². The van der Waals surface area contributed by atoms with Gasteiger partial charge in [-0.05, 0) is 62.6 Å². The van der Waals surface area contributed by atoms with E-state index in [2.05, 4.69) is 27.1 Å². The minimum Gasteiger partial charge on any atom is -0.492 e. The van der Waals surface area contributed by atoms with Crippen molar-refractivity contribution < 1.29 is 14.3 Å². The summed E-state index contributed by atoms with van der Waals surface area (Å²) in [4.78, 5) is 21.9. The zero-order chi connectivity index (χ0) is 22.2. The van der Waals surface area contributed by atoms with Crippen molar-refractivity contribution in [2.24, 2.45) is 0 Å². The molecule has 2 aliphatic heterocycles. The number of amides is 1. The molecular formula is C25H34N4O3. The quantitative estimate of drug-likeness (QED) is 0.649. The lowest BCUT2D eigenvalue weighted by Crippen LogP contribution is -2.38. The van der Waals surface area contributed by atoms with Gasteiger partial charge in [-0.15, -0.1) is 0 Å². The summed E-state index contributed by atoms with van der Waals surface area (Å²) in [5.41, 5.74) is 1.65. The molecule has 0 atom stereocenters. The first-order valence-corrected chi connectivity index (χ1v) is 11.7. The van der Waals surface area contributed by atoms with Crippen LogP contribution in [0.4, 0.5) is 5.82 Å². The fourth-order valence-corrected chi connectivity index (χ4v) is 4.39. The van der Waals surface area contributed by atoms with Crippen LogP contribution in [-0.4, -0.2) is 68.3 Å². The summed E-state index contributed by atoms with van der Waals surface area (Å²) < 4.78 is 11.4. The van der Waals surface area contributed by atoms with Gasteiger partial charge in [0.05, 0.1) is 5.56 Å². The molecule has 172 valence electrons. The molecule has 3 heterocycles. The fraction of sp³-hybridized carbons (Fsp3) is 0.520. The minimum atomic E-state index is -0.0931. The van der Waals surface area contributed by atoms with Gasteiger partial charge in [0, 0.05) is 51.6 Å². The normalized spacial score (nSPS) is 17.0. The molecule has 0 spiro atoms. The molecule has 32 heavy (non-hydrogen) atoms. The molecule has 2 aromatic rings. The zero-order valence-electron chi connectivity index (χ0n) is 19.0. The Morgan fingerprint density at radius 2 is 2.03 bits per heavy atom. The van der Waals surface area contributed by atoms with Crippen molar-refractivity contribution in [1.29, 1.82) is 0 Å². The first kappa shape index (κ1) is 22.6. The van der Waals surface area contributed by atoms with Gasteiger partial charge in [-0.3, -0.25) is 9.69 Å². The second-order valence-electron chi connectivity index (χ2n) is 8.57. The number of anilines is 1. The smallest absolute Gasteiger partial charge is 0.255 e. The van der Waals surface area contributed by atoms with E-state index in [0.717, 1.165) is 75.7 Å². The average Bonchev–Trinajstić information content (AvgIpc) is 3.38. The molecule has 2 saturated heterocycles. The maximum atomic E-state index is 12.9. The molecule has 1 aromatic carbocycles. The molecule has 0 saturated carbocycles. The van der Waals surface area contributed by atoms with E-state index in [-0.39, 0.29) is 5.91 Å². The van der Waals surface area contributed by atoms with E-state index in [1.807, 2.05) is 36.4 Å². The van der Waals surface area contributed by atoms with Gasteiger partial charge in [-0.2, -0.15) is 0 Å². The third-order valence-electron chi connectivity index (χ3n) is 6.32. The second-order valence-corrected chi connectivity index (χ2v) is 8.57. The molecule has 2 aliphatic rings. The molecule has 1 N–H and O–H groups in total. The van der Waals surface area contributed by atoms with Crippen LogP contribution in [0, 0.1) is 0 Å². The number of nitrogens with one attached hydrogen (secondary N) is 1. The molecular weight excluding hydrogens is 404 g/mol. The summed E-state index contributed by atoms with van der Waals surface area (Å²) in [5, 5.41) is 3.04. The van der Waals surface area contributed by atoms with Crippen molar-refractivity contribution >= 4 is 11.7 Å². The monoisotopic (exact) mass is 438 g/mol. The Balaban J connectivity index is 1.27. The van der Waals surface area contributed by atoms with Crippen LogP contribution in [0.3, 0.4) is 0 Å². The summed E-state index contributed by atoms with van der Waals surface area (Å²) in [5.74, 6) is 1.52. The number of carbonyl (C=O) groups is 1. The van der Waals surface area contributed by atoms with E-state index in [0.29, 0.717) is 24.8 Å². The lowest BCUT2D eigenvalue weighted by atomic mass is 10.1. The lowest BCUT2D eigenvalue weighted by molar-refractivity contribution is 0.0392. The van der Waals surface area contributed by atoms with E-state index < -0.39 is 0 Å². The molecule has 4 rings (SSSR count). The highest BCUT2D eigenvalue weighted by Gasteiger charge is 2.20. The van der Waals surface area contributed by atoms with Crippen molar-refractivity contribution in [3.8, 4) is 5.75 Å². The maximum absolute atomic E-state index is 12.9. The van der Waals surface area contributed by atoms with Crippen LogP contribution in [0.2, 0.25) is 0 Å². The highest BCUT2D eigenvalue weighted by atomic mass is 16.5. The Bertz CT molecular complexity index is 879. The van der Waals surface area contributed by atoms with Crippen LogP contribution < -0.4 is 15.0 Å². The number of hydrogen-bond donors (Lipinski definition) is 1. The number of benzene rings is 1. The van der Waals surface area contributed by atoms with Crippen LogP contribution in [0.25, 0.3) is 0 Å². The standard InChI is InChI=1S/C25H34N4O3/c1-28(21-9-15-31-16-10-21)14-17-32-22-7-4-6-20(18-22)19-27-25(30)23-8-5-11-26-24(23)29-12-2-3-13-29/h4-8,11,18,21H,2-3,9-10,12-17,19H2,1H3,(H,27,30). The number of aromatic nitrogens is 1. The van der Waals surface area contributed by atoms with Crippen molar-refractivity contribution in [3.05, 3.63) is 53.7 Å². The molecule has 1 aromatic heterocycles. The summed E-state index contributed by atoms with van der Waals surface area (Å²) in [6.45, 7) is 5.59. The van der Waals surface area contributed by atoms with E-state index in [1.54, 1.807) is 6.20 Å². The largest absolute Gasteiger partial charge is 0.492 e. The second kappa shape index (κ2) is 11.3. The zero-order valence-corrected chi connectivity index (χ0v) is 19.0. The molecule has 2 fully saturated rings. The Morgan fingerprint density at radius 3 is 2.84 bits per heavy atom. The highest BCUT2D eigenvalue weighted by molar-refractivity contribution is 5.98. The van der Waals surface area contributed by atoms with E-state index in [4.69, 9.17) is 9.47 Å². The summed E-state index contributed by atoms with van der Waals surface area (Å²) >= 11 is 0. The molecule has 0 bridgehead atoms. The predicted octanol–water partition coefficient (Wildman–Crippen LogP) is 3.10. The summed E-state index contributed by atoms with van der Waals surface area (Å²) in [6.07, 6.45) is 6.22. The van der Waals surface area contributed by atoms with Gasteiger partial charge in [0.2, 0.25) is 0 Å². The third-order valence-corrected chi connectivity index (χ3v) is 6.32. The van der Waals surface area contributed by atoms with Crippen molar-refractivity contribution in [2.75, 3.05) is 51.4 Å². The van der Waals surface area contributed by atoms with Crippen LogP contribution in [-0.2, 0) is 11.3 Å². The van der Waals surface area contributed by atoms with E-state index >= 15 is 0 Å². The Hall–Kier alpha value is -2.64. The van der Waals surface area contributed by atoms with Gasteiger partial charge < -0.3 is 19.7 Å². The molecule has 7 nitrogen and oxygen atoms in total. The molecule has 7 heteroatoms. The van der Waals surface area contributed by atoms with Gasteiger partial charge in [0.25, 0.3) is 5.91 Å². The first-order valence-electron chi connectivity index (χ1n) is 11.7. The Morgan fingerprint density at radius 1 is 1.22 bits per heavy atom. The van der Waals surface area contributed by atoms with Crippen molar-refractivity contribution in [3.63, 3.8) is 0 Å². The minimum absolute atomic E-state index is 0.0931. The highest BCUT2D eigenvalue weighted by Crippen LogP contribution is 2.22. The SMILES string of the molecule is CN(CCOc1cccc(CNC(=O)c2cccnc2N2CCCC2)c1)C1CCOCC1. The number of likely N-dealkylation sites (N-methyl/N-ethyl adjacent to an activating group) is 1.